The fourth-order valence-corrected chi connectivity index (χ4v) is 2.73. The van der Waals surface area contributed by atoms with Gasteiger partial charge in [0.15, 0.2) is 0 Å². The van der Waals surface area contributed by atoms with E-state index in [4.69, 9.17) is 4.74 Å². The van der Waals surface area contributed by atoms with Crippen LogP contribution in [0.15, 0.2) is 0 Å². The summed E-state index contributed by atoms with van der Waals surface area (Å²) >= 11 is 0. The molecule has 0 aliphatic carbocycles. The second-order valence-corrected chi connectivity index (χ2v) is 5.17. The van der Waals surface area contributed by atoms with Gasteiger partial charge in [-0.15, -0.1) is 10.2 Å². The summed E-state index contributed by atoms with van der Waals surface area (Å²) in [5, 5.41) is 17.9. The molecular formula is C13H24N4O2. The standard InChI is InChI=1S/C13H24N4O2/c1-4-5-17-10(2)14-15-13(17)8-16-7-12(19-3)6-11(16)9-18/h11-12,18H,4-9H2,1-3H3/t11-,12-/m0/s1. The smallest absolute Gasteiger partial charge is 0.147 e. The van der Waals surface area contributed by atoms with E-state index in [0.717, 1.165) is 44.1 Å². The normalized spacial score (nSPS) is 24.2. The molecule has 1 aromatic heterocycles. The van der Waals surface area contributed by atoms with E-state index in [1.807, 2.05) is 6.92 Å². The van der Waals surface area contributed by atoms with Gasteiger partial charge < -0.3 is 14.4 Å². The Kier molecular flexibility index (Phi) is 4.90. The molecule has 108 valence electrons. The topological polar surface area (TPSA) is 63.4 Å². The molecule has 1 aliphatic heterocycles. The van der Waals surface area contributed by atoms with Crippen molar-refractivity contribution in [2.75, 3.05) is 20.3 Å². The molecule has 0 aromatic carbocycles. The molecule has 2 atom stereocenters. The van der Waals surface area contributed by atoms with Gasteiger partial charge in [-0.05, 0) is 19.8 Å². The highest BCUT2D eigenvalue weighted by atomic mass is 16.5. The Morgan fingerprint density at radius 3 is 2.84 bits per heavy atom. The Morgan fingerprint density at radius 1 is 1.42 bits per heavy atom. The van der Waals surface area contributed by atoms with Crippen molar-refractivity contribution >= 4 is 0 Å². The van der Waals surface area contributed by atoms with Gasteiger partial charge in [0.05, 0.1) is 19.3 Å². The number of hydrogen-bond donors (Lipinski definition) is 1. The summed E-state index contributed by atoms with van der Waals surface area (Å²) in [6.45, 7) is 6.82. The minimum Gasteiger partial charge on any atom is -0.395 e. The third-order valence-corrected chi connectivity index (χ3v) is 3.84. The molecule has 0 unspecified atom stereocenters. The predicted octanol–water partition coefficient (Wildman–Crippen LogP) is 0.578. The summed E-state index contributed by atoms with van der Waals surface area (Å²) in [7, 11) is 1.73. The van der Waals surface area contributed by atoms with Crippen LogP contribution in [0.2, 0.25) is 0 Å². The first kappa shape index (κ1) is 14.4. The van der Waals surface area contributed by atoms with E-state index in [1.165, 1.54) is 0 Å². The molecule has 1 N–H and O–H groups in total. The van der Waals surface area contributed by atoms with Crippen molar-refractivity contribution in [3.63, 3.8) is 0 Å². The van der Waals surface area contributed by atoms with E-state index in [9.17, 15) is 5.11 Å². The number of ether oxygens (including phenoxy) is 1. The summed E-state index contributed by atoms with van der Waals surface area (Å²) in [5.74, 6) is 1.94. The van der Waals surface area contributed by atoms with E-state index >= 15 is 0 Å². The van der Waals surface area contributed by atoms with E-state index in [-0.39, 0.29) is 18.8 Å². The van der Waals surface area contributed by atoms with Crippen molar-refractivity contribution in [2.24, 2.45) is 0 Å². The maximum atomic E-state index is 9.47. The number of rotatable bonds is 6. The first-order valence-electron chi connectivity index (χ1n) is 6.96. The van der Waals surface area contributed by atoms with Crippen LogP contribution in [0.4, 0.5) is 0 Å². The lowest BCUT2D eigenvalue weighted by atomic mass is 10.2. The van der Waals surface area contributed by atoms with Gasteiger partial charge in [0.1, 0.15) is 11.6 Å². The number of methoxy groups -OCH3 is 1. The number of aryl methyl sites for hydroxylation is 1. The molecule has 0 radical (unpaired) electrons. The van der Waals surface area contributed by atoms with Crippen LogP contribution in [0.3, 0.4) is 0 Å². The van der Waals surface area contributed by atoms with E-state index in [1.54, 1.807) is 7.11 Å². The van der Waals surface area contributed by atoms with Gasteiger partial charge in [-0.3, -0.25) is 4.90 Å². The third kappa shape index (κ3) is 3.13. The SMILES string of the molecule is CCCn1c(C)nnc1CN1C[C@@H](OC)C[C@H]1CO. The number of aliphatic hydroxyl groups excluding tert-OH is 1. The van der Waals surface area contributed by atoms with Crippen LogP contribution in [-0.4, -0.2) is 57.2 Å². The molecule has 1 fully saturated rings. The summed E-state index contributed by atoms with van der Waals surface area (Å²) in [6.07, 6.45) is 2.16. The Morgan fingerprint density at radius 2 is 2.21 bits per heavy atom. The Balaban J connectivity index is 2.07. The maximum absolute atomic E-state index is 9.47. The van der Waals surface area contributed by atoms with Crippen LogP contribution in [0.1, 0.15) is 31.4 Å². The van der Waals surface area contributed by atoms with Crippen LogP contribution in [0.5, 0.6) is 0 Å². The van der Waals surface area contributed by atoms with E-state index in [0.29, 0.717) is 0 Å². The zero-order valence-corrected chi connectivity index (χ0v) is 12.0. The van der Waals surface area contributed by atoms with Gasteiger partial charge in [-0.2, -0.15) is 0 Å². The molecule has 0 saturated carbocycles. The Labute approximate surface area is 114 Å². The third-order valence-electron chi connectivity index (χ3n) is 3.84. The fraction of sp³-hybridized carbons (Fsp3) is 0.846. The second-order valence-electron chi connectivity index (χ2n) is 5.17. The fourth-order valence-electron chi connectivity index (χ4n) is 2.73. The van der Waals surface area contributed by atoms with Gasteiger partial charge in [-0.25, -0.2) is 0 Å². The summed E-state index contributed by atoms with van der Waals surface area (Å²) in [4.78, 5) is 2.24. The van der Waals surface area contributed by atoms with Crippen molar-refractivity contribution in [1.29, 1.82) is 0 Å². The average Bonchev–Trinajstić information content (AvgIpc) is 2.97. The summed E-state index contributed by atoms with van der Waals surface area (Å²) < 4.78 is 7.56. The van der Waals surface area contributed by atoms with Crippen LogP contribution in [-0.2, 0) is 17.8 Å². The van der Waals surface area contributed by atoms with Crippen LogP contribution in [0, 0.1) is 6.92 Å². The summed E-state index contributed by atoms with van der Waals surface area (Å²) in [5.41, 5.74) is 0. The highest BCUT2D eigenvalue weighted by Crippen LogP contribution is 2.21. The lowest BCUT2D eigenvalue weighted by molar-refractivity contribution is 0.106. The first-order valence-corrected chi connectivity index (χ1v) is 6.96. The second kappa shape index (κ2) is 6.45. The molecule has 1 aliphatic rings. The van der Waals surface area contributed by atoms with Gasteiger partial charge in [0.2, 0.25) is 0 Å². The molecule has 6 heteroatoms. The van der Waals surface area contributed by atoms with Crippen LogP contribution >= 0.6 is 0 Å². The minimum atomic E-state index is 0.164. The maximum Gasteiger partial charge on any atom is 0.147 e. The molecule has 0 spiro atoms. The number of likely N-dealkylation sites (tertiary alicyclic amines) is 1. The molecule has 1 aromatic rings. The Hall–Kier alpha value is -0.980. The van der Waals surface area contributed by atoms with Crippen molar-refractivity contribution in [2.45, 2.75) is 51.9 Å². The summed E-state index contributed by atoms with van der Waals surface area (Å²) in [6, 6.07) is 0.164. The molecule has 0 amide bonds. The quantitative estimate of drug-likeness (QED) is 0.817. The minimum absolute atomic E-state index is 0.164. The van der Waals surface area contributed by atoms with E-state index in [2.05, 4.69) is 26.6 Å². The molecule has 2 rings (SSSR count). The highest BCUT2D eigenvalue weighted by molar-refractivity contribution is 4.97. The lowest BCUT2D eigenvalue weighted by Crippen LogP contribution is -2.33. The zero-order chi connectivity index (χ0) is 13.8. The zero-order valence-electron chi connectivity index (χ0n) is 12.0. The van der Waals surface area contributed by atoms with Crippen LogP contribution in [0.25, 0.3) is 0 Å². The monoisotopic (exact) mass is 268 g/mol. The first-order chi connectivity index (χ1) is 9.19. The van der Waals surface area contributed by atoms with E-state index < -0.39 is 0 Å². The van der Waals surface area contributed by atoms with Gasteiger partial charge in [0.25, 0.3) is 0 Å². The van der Waals surface area contributed by atoms with Crippen molar-refractivity contribution in [3.8, 4) is 0 Å². The molecule has 19 heavy (non-hydrogen) atoms. The molecule has 0 bridgehead atoms. The molecule has 2 heterocycles. The molecule has 6 nitrogen and oxygen atoms in total. The van der Waals surface area contributed by atoms with Gasteiger partial charge >= 0.3 is 0 Å². The number of hydrogen-bond acceptors (Lipinski definition) is 5. The van der Waals surface area contributed by atoms with Crippen molar-refractivity contribution in [3.05, 3.63) is 11.6 Å². The predicted molar refractivity (Wildman–Crippen MR) is 71.7 cm³/mol. The largest absolute Gasteiger partial charge is 0.395 e. The number of aromatic nitrogens is 3. The lowest BCUT2D eigenvalue weighted by Gasteiger charge is -2.22. The Bertz CT molecular complexity index is 407. The van der Waals surface area contributed by atoms with Gasteiger partial charge in [-0.1, -0.05) is 6.92 Å². The van der Waals surface area contributed by atoms with Crippen LogP contribution < -0.4 is 0 Å². The van der Waals surface area contributed by atoms with Gasteiger partial charge in [0, 0.05) is 26.2 Å². The highest BCUT2D eigenvalue weighted by Gasteiger charge is 2.32. The van der Waals surface area contributed by atoms with Crippen molar-refractivity contribution in [1.82, 2.24) is 19.7 Å². The molecular weight excluding hydrogens is 244 g/mol. The number of nitrogens with zero attached hydrogens (tertiary/aromatic N) is 4. The molecule has 1 saturated heterocycles. The number of aliphatic hydroxyl groups is 1. The van der Waals surface area contributed by atoms with Crippen molar-refractivity contribution < 1.29 is 9.84 Å². The average molecular weight is 268 g/mol.